The molecule has 136 heavy (non-hydrogen) atoms. The van der Waals surface area contributed by atoms with Crippen LogP contribution in [0.3, 0.4) is 0 Å². The van der Waals surface area contributed by atoms with Gasteiger partial charge in [-0.15, -0.1) is 61.2 Å². The van der Waals surface area contributed by atoms with Crippen LogP contribution in [0.2, 0.25) is 15.1 Å². The van der Waals surface area contributed by atoms with E-state index in [0.717, 1.165) is 67.8 Å². The lowest BCUT2D eigenvalue weighted by Crippen LogP contribution is -1.94. The number of hydrogen-bond donors (Lipinski definition) is 6. The Morgan fingerprint density at radius 3 is 0.926 bits per heavy atom. The predicted octanol–water partition coefficient (Wildman–Crippen LogP) is 23.4. The van der Waals surface area contributed by atoms with Crippen molar-refractivity contribution in [1.82, 2.24) is 61.2 Å². The van der Waals surface area contributed by atoms with E-state index in [1.165, 1.54) is 78.4 Å². The maximum absolute atomic E-state index is 10.9. The summed E-state index contributed by atoms with van der Waals surface area (Å²) in [5.74, 6) is -0.358. The number of methoxy groups -OCH3 is 1. The van der Waals surface area contributed by atoms with Crippen molar-refractivity contribution in [3.05, 3.63) is 342 Å². The number of aromatic nitrogens is 12. The van der Waals surface area contributed by atoms with Gasteiger partial charge in [0.2, 0.25) is 53.0 Å². The average Bonchev–Trinajstić information content (AvgIpc) is 1.70. The van der Waals surface area contributed by atoms with Crippen LogP contribution >= 0.6 is 34.8 Å². The maximum Gasteiger partial charge on any atom is 0.335 e. The quantitative estimate of drug-likeness (QED) is 0.0367. The van der Waals surface area contributed by atoms with E-state index in [-0.39, 0.29) is 45.2 Å². The van der Waals surface area contributed by atoms with Crippen LogP contribution < -0.4 is 9.47 Å². The van der Waals surface area contributed by atoms with Gasteiger partial charge in [-0.25, -0.2) is 28.8 Å². The van der Waals surface area contributed by atoms with Gasteiger partial charge in [-0.2, -0.15) is 0 Å². The van der Waals surface area contributed by atoms with E-state index < -0.39 is 35.8 Å². The third kappa shape index (κ3) is 23.7. The summed E-state index contributed by atoms with van der Waals surface area (Å²) in [6.45, 7) is 16.5. The van der Waals surface area contributed by atoms with Gasteiger partial charge in [0.05, 0.1) is 84.4 Å². The molecule has 0 aliphatic heterocycles. The van der Waals surface area contributed by atoms with E-state index in [0.29, 0.717) is 131 Å². The summed E-state index contributed by atoms with van der Waals surface area (Å²) in [6, 6.07) is 71.6. The number of aryl methyl sites for hydroxylation is 7. The number of benzene rings is 12. The molecule has 6 aromatic heterocycles. The second-order valence-electron chi connectivity index (χ2n) is 29.7. The largest absolute Gasteiger partial charge is 0.496 e. The molecule has 0 aliphatic rings. The van der Waals surface area contributed by atoms with Crippen molar-refractivity contribution < 1.29 is 95.4 Å². The fraction of sp³-hybridized carbons (Fsp3) is 0.109. The number of para-hydroxylation sites is 2. The molecule has 0 bridgehead atoms. The molecule has 0 unspecified atom stereocenters. The third-order valence-corrected chi connectivity index (χ3v) is 21.2. The molecule has 35 heteroatoms. The summed E-state index contributed by atoms with van der Waals surface area (Å²) < 4.78 is 45.2. The Kier molecular flexibility index (Phi) is 31.3. The van der Waals surface area contributed by atoms with E-state index >= 15 is 0 Å². The van der Waals surface area contributed by atoms with Crippen LogP contribution in [0.5, 0.6) is 11.5 Å². The molecule has 18 aromatic rings. The third-order valence-electron chi connectivity index (χ3n) is 20.2. The van der Waals surface area contributed by atoms with Crippen LogP contribution in [0.1, 0.15) is 115 Å². The van der Waals surface area contributed by atoms with Crippen LogP contribution in [0.25, 0.3) is 137 Å². The summed E-state index contributed by atoms with van der Waals surface area (Å²) in [6.07, 6.45) is 0.828. The number of carbonyl (C=O) groups is 6. The van der Waals surface area contributed by atoms with Crippen LogP contribution in [-0.2, 0) is 6.42 Å². The Labute approximate surface area is 789 Å². The van der Waals surface area contributed by atoms with Gasteiger partial charge in [-0.1, -0.05) is 119 Å². The number of nitrogens with zero attached hydrogens (tertiary/aromatic N) is 12. The second-order valence-corrected chi connectivity index (χ2v) is 30.9. The van der Waals surface area contributed by atoms with E-state index in [1.54, 1.807) is 104 Å². The van der Waals surface area contributed by atoms with Gasteiger partial charge >= 0.3 is 35.8 Å². The second kappa shape index (κ2) is 44.1. The minimum Gasteiger partial charge on any atom is -0.496 e. The number of halogens is 3. The van der Waals surface area contributed by atoms with Crippen molar-refractivity contribution in [2.24, 2.45) is 0 Å². The van der Waals surface area contributed by atoms with Crippen molar-refractivity contribution in [2.45, 2.75) is 61.8 Å². The Bertz CT molecular complexity index is 7150. The van der Waals surface area contributed by atoms with Gasteiger partial charge in [0.15, 0.2) is 0 Å². The van der Waals surface area contributed by atoms with Gasteiger partial charge in [0, 0.05) is 44.5 Å². The zero-order valence-corrected chi connectivity index (χ0v) is 75.8. The molecule has 0 saturated heterocycles. The minimum atomic E-state index is -0.999. The van der Waals surface area contributed by atoms with E-state index in [9.17, 15) is 28.8 Å². The summed E-state index contributed by atoms with van der Waals surface area (Å²) in [5, 5.41) is 103. The molecule has 0 spiro atoms. The number of rotatable bonds is 22. The summed E-state index contributed by atoms with van der Waals surface area (Å²) in [4.78, 5) is 65.2. The number of carboxylic acids is 6. The first-order valence-corrected chi connectivity index (χ1v) is 42.3. The highest BCUT2D eigenvalue weighted by atomic mass is 35.5. The lowest BCUT2D eigenvalue weighted by atomic mass is 10.00. The maximum atomic E-state index is 10.9. The monoisotopic (exact) mass is 1880 g/mol. The molecule has 18 rings (SSSR count). The summed E-state index contributed by atoms with van der Waals surface area (Å²) >= 11 is 18.3. The summed E-state index contributed by atoms with van der Waals surface area (Å²) in [7, 11) is 1.61. The molecule has 12 aromatic carbocycles. The minimum absolute atomic E-state index is 0.178. The zero-order valence-electron chi connectivity index (χ0n) is 73.6. The molecule has 32 nitrogen and oxygen atoms in total. The number of carboxylic acid groups (broad SMARTS) is 6. The lowest BCUT2D eigenvalue weighted by molar-refractivity contribution is 0.0686. The SMILES string of the molecule is CCOc1ccccc1-c1nnc(-c2ccc(C(=O)O)cc2)o1.CCc1cccc(-c2nnc(-c3ccc(C(=O)O)cc3)o2)c1OC.Cc1cc(C)c(-c2nnc(-c3ccc(C(=O)O)cc3)o2)c(C)c1.Cc1ccc(C)c(-c2nnc(-c3ccc(C(=O)O)cc3)o2)c1.Cc1ccc(Cl)c(-c2nnc(-c3ccc(C(=O)O)cc3)o2)c1.O=C(O)c1ccc(-c2nnc(-c3c(Cl)cccc3Cl)o2)cc1. The van der Waals surface area contributed by atoms with Crippen molar-refractivity contribution in [1.29, 1.82) is 0 Å². The molecular weight excluding hydrogens is 1810 g/mol. The van der Waals surface area contributed by atoms with Crippen LogP contribution in [0.15, 0.2) is 281 Å². The van der Waals surface area contributed by atoms with Gasteiger partial charge in [-0.05, 0) is 271 Å². The average molecular weight is 1890 g/mol. The molecule has 684 valence electrons. The van der Waals surface area contributed by atoms with Crippen molar-refractivity contribution in [2.75, 3.05) is 13.7 Å². The standard InChI is InChI=1S/C18H16N2O4.C18H16N2O3.C17H14N2O4.C17H14N2O3.C16H11ClN2O3.C15H8Cl2N2O3/c1-3-11-5-4-6-14(15(11)23-2)17-20-19-16(24-17)12-7-9-13(10-8-12)18(21)22;1-10-8-11(2)15(12(3)9-10)17-20-19-16(23-17)13-4-6-14(7-5-13)18(21)22;1-2-22-14-6-4-3-5-13(14)16-19-18-15(23-16)11-7-9-12(10-8-11)17(20)21;1-10-3-4-11(2)14(9-10)16-19-18-15(22-16)12-5-7-13(8-6-12)17(20)21;1-9-2-7-13(17)12(8-9)15-19-18-14(22-15)10-3-5-11(6-4-10)16(20)21;16-10-2-1-3-11(17)12(10)14-19-18-13(22-14)8-4-6-9(7-5-8)15(20)21/h4-10H,3H2,1-2H3,(H,21,22);4-9H,1-3H3,(H,21,22);3-10H,2H2,1H3,(H,20,21);3-9H,1-2H3,(H,20,21);2-8H,1H3,(H,20,21);1-7H,(H,20,21). The Morgan fingerprint density at radius 2 is 0.574 bits per heavy atom. The van der Waals surface area contributed by atoms with E-state index in [4.69, 9.17) is 101 Å². The molecule has 6 N–H and O–H groups in total. The smallest absolute Gasteiger partial charge is 0.335 e. The topological polar surface area (TPSA) is 476 Å². The number of aromatic carboxylic acids is 6. The van der Waals surface area contributed by atoms with Gasteiger partial charge in [-0.3, -0.25) is 0 Å². The number of hydrogen-bond acceptors (Lipinski definition) is 26. The molecule has 0 aliphatic carbocycles. The Hall–Kier alpha value is -17.2. The molecule has 0 fully saturated rings. The van der Waals surface area contributed by atoms with E-state index in [2.05, 4.69) is 73.3 Å². The Morgan fingerprint density at radius 1 is 0.279 bits per heavy atom. The van der Waals surface area contributed by atoms with E-state index in [1.807, 2.05) is 128 Å². The van der Waals surface area contributed by atoms with Crippen LogP contribution in [0.4, 0.5) is 0 Å². The van der Waals surface area contributed by atoms with Crippen molar-refractivity contribution >= 4 is 70.6 Å². The first-order chi connectivity index (χ1) is 65.4. The van der Waals surface area contributed by atoms with Gasteiger partial charge < -0.3 is 66.6 Å². The van der Waals surface area contributed by atoms with Gasteiger partial charge in [0.1, 0.15) is 11.5 Å². The molecule has 0 saturated carbocycles. The van der Waals surface area contributed by atoms with Crippen molar-refractivity contribution in [3.8, 4) is 149 Å². The van der Waals surface area contributed by atoms with Crippen molar-refractivity contribution in [3.63, 3.8) is 0 Å². The lowest BCUT2D eigenvalue weighted by Gasteiger charge is -2.09. The van der Waals surface area contributed by atoms with Gasteiger partial charge in [0.25, 0.3) is 17.7 Å². The predicted molar refractivity (Wildman–Crippen MR) is 503 cm³/mol. The molecular formula is C101H79Cl3N12O20. The zero-order chi connectivity index (χ0) is 97.0. The molecule has 0 atom stereocenters. The normalized spacial score (nSPS) is 10.6. The molecule has 6 heterocycles. The fourth-order valence-corrected chi connectivity index (χ4v) is 14.2. The highest BCUT2D eigenvalue weighted by molar-refractivity contribution is 6.39. The van der Waals surface area contributed by atoms with Crippen LogP contribution in [0, 0.1) is 41.5 Å². The first-order valence-electron chi connectivity index (χ1n) is 41.2. The highest BCUT2D eigenvalue weighted by Gasteiger charge is 2.24. The fourth-order valence-electron chi connectivity index (χ4n) is 13.4. The number of ether oxygens (including phenoxy) is 2. The molecule has 0 radical (unpaired) electrons. The first kappa shape index (κ1) is 96.3. The Balaban J connectivity index is 0.000000138. The highest BCUT2D eigenvalue weighted by Crippen LogP contribution is 2.40. The van der Waals surface area contributed by atoms with Crippen LogP contribution in [-0.4, -0.2) is 141 Å². The summed E-state index contributed by atoms with van der Waals surface area (Å²) in [5.41, 5.74) is 17.2. The molecule has 0 amide bonds.